The first kappa shape index (κ1) is 10.6. The first-order valence-electron chi connectivity index (χ1n) is 3.64. The summed E-state index contributed by atoms with van der Waals surface area (Å²) in [4.78, 5) is 18.6. The molecule has 0 spiro atoms. The number of aldehydes is 1. The zero-order chi connectivity index (χ0) is 9.40. The van der Waals surface area contributed by atoms with Crippen molar-refractivity contribution in [3.63, 3.8) is 0 Å². The normalized spacial score (nSPS) is 7.83. The number of rotatable bonds is 1. The van der Waals surface area contributed by atoms with Crippen LogP contribution < -0.4 is 0 Å². The van der Waals surface area contributed by atoms with Crippen LogP contribution in [0.15, 0.2) is 30.3 Å². The lowest BCUT2D eigenvalue weighted by molar-refractivity contribution is -0.128. The molecule has 0 radical (unpaired) electrons. The fourth-order valence-corrected chi connectivity index (χ4v) is 0.534. The lowest BCUT2D eigenvalue weighted by atomic mass is 10.2. The third-order valence-electron chi connectivity index (χ3n) is 1.11. The molecule has 0 saturated carbocycles. The highest BCUT2D eigenvalue weighted by Gasteiger charge is 1.76. The second-order valence-electron chi connectivity index (χ2n) is 2.38. The molecule has 0 saturated heterocycles. The molecule has 1 aromatic carbocycles. The molecule has 2 heteroatoms. The van der Waals surface area contributed by atoms with E-state index >= 15 is 0 Å². The Labute approximate surface area is 72.2 Å². The Bertz CT molecular complexity index is 239. The van der Waals surface area contributed by atoms with Crippen LogP contribution >= 0.6 is 0 Å². The SMILES string of the molecule is CC(=O)C=O.Cc1ccccc1. The Morgan fingerprint density at radius 1 is 1.25 bits per heavy atom. The Morgan fingerprint density at radius 2 is 1.67 bits per heavy atom. The van der Waals surface area contributed by atoms with Gasteiger partial charge in [0, 0.05) is 6.92 Å². The van der Waals surface area contributed by atoms with Gasteiger partial charge < -0.3 is 0 Å². The zero-order valence-corrected chi connectivity index (χ0v) is 7.28. The Kier molecular flexibility index (Phi) is 5.53. The van der Waals surface area contributed by atoms with Gasteiger partial charge in [-0.1, -0.05) is 35.9 Å². The Morgan fingerprint density at radius 3 is 1.83 bits per heavy atom. The van der Waals surface area contributed by atoms with Gasteiger partial charge in [-0.3, -0.25) is 9.59 Å². The van der Waals surface area contributed by atoms with E-state index in [0.717, 1.165) is 0 Å². The Hall–Kier alpha value is -1.44. The molecule has 64 valence electrons. The van der Waals surface area contributed by atoms with E-state index in [1.54, 1.807) is 0 Å². The van der Waals surface area contributed by atoms with Crippen molar-refractivity contribution in [3.8, 4) is 0 Å². The number of Topliss-reactive ketones (excluding diaryl/α,β-unsaturated/α-hetero) is 1. The first-order valence-corrected chi connectivity index (χ1v) is 3.64. The van der Waals surface area contributed by atoms with Crippen LogP contribution in [0.2, 0.25) is 0 Å². The van der Waals surface area contributed by atoms with Crippen LogP contribution in [0.5, 0.6) is 0 Å². The van der Waals surface area contributed by atoms with Crippen molar-refractivity contribution in [1.29, 1.82) is 0 Å². The van der Waals surface area contributed by atoms with Gasteiger partial charge >= 0.3 is 0 Å². The number of hydrogen-bond donors (Lipinski definition) is 0. The summed E-state index contributed by atoms with van der Waals surface area (Å²) >= 11 is 0. The van der Waals surface area contributed by atoms with Crippen molar-refractivity contribution in [2.45, 2.75) is 13.8 Å². The summed E-state index contributed by atoms with van der Waals surface area (Å²) in [7, 11) is 0. The third-order valence-corrected chi connectivity index (χ3v) is 1.11. The summed E-state index contributed by atoms with van der Waals surface area (Å²) in [5, 5.41) is 0. The molecule has 0 bridgehead atoms. The van der Waals surface area contributed by atoms with Crippen molar-refractivity contribution in [1.82, 2.24) is 0 Å². The summed E-state index contributed by atoms with van der Waals surface area (Å²) in [5.41, 5.74) is 1.32. The lowest BCUT2D eigenvalue weighted by Crippen LogP contribution is -1.85. The van der Waals surface area contributed by atoms with E-state index in [-0.39, 0.29) is 6.29 Å². The number of carbonyl (C=O) groups is 2. The Balaban J connectivity index is 0.000000217. The lowest BCUT2D eigenvalue weighted by Gasteiger charge is -1.82. The van der Waals surface area contributed by atoms with Gasteiger partial charge in [-0.25, -0.2) is 0 Å². The number of aryl methyl sites for hydroxylation is 1. The maximum atomic E-state index is 9.44. The number of benzene rings is 1. The van der Waals surface area contributed by atoms with E-state index in [1.807, 2.05) is 18.2 Å². The van der Waals surface area contributed by atoms with Gasteiger partial charge in [0.25, 0.3) is 0 Å². The van der Waals surface area contributed by atoms with Crippen LogP contribution in [0, 0.1) is 6.92 Å². The van der Waals surface area contributed by atoms with E-state index in [4.69, 9.17) is 4.79 Å². The molecule has 0 aromatic heterocycles. The molecule has 0 aliphatic rings. The smallest absolute Gasteiger partial charge is 0.192 e. The highest BCUT2D eigenvalue weighted by Crippen LogP contribution is 1.92. The van der Waals surface area contributed by atoms with Crippen molar-refractivity contribution in [2.75, 3.05) is 0 Å². The molecule has 0 N–H and O–H groups in total. The molecule has 0 aliphatic heterocycles. The second kappa shape index (κ2) is 6.28. The maximum Gasteiger partial charge on any atom is 0.192 e. The second-order valence-corrected chi connectivity index (χ2v) is 2.38. The summed E-state index contributed by atoms with van der Waals surface area (Å²) in [6.45, 7) is 3.30. The van der Waals surface area contributed by atoms with E-state index in [2.05, 4.69) is 19.1 Å². The molecule has 0 amide bonds. The van der Waals surface area contributed by atoms with Crippen molar-refractivity contribution in [3.05, 3.63) is 35.9 Å². The number of carbonyl (C=O) groups excluding carboxylic acids is 2. The predicted octanol–water partition coefficient (Wildman–Crippen LogP) is 1.77. The molecular weight excluding hydrogens is 152 g/mol. The standard InChI is InChI=1S/C7H8.C3H4O2/c1-7-5-3-2-4-6-7;1-3(5)2-4/h2-6H,1H3;2H,1H3. The summed E-state index contributed by atoms with van der Waals surface area (Å²) < 4.78 is 0. The van der Waals surface area contributed by atoms with Gasteiger partial charge in [-0.05, 0) is 6.92 Å². The summed E-state index contributed by atoms with van der Waals surface area (Å²) in [6.07, 6.45) is 0.278. The molecular formula is C10H12O2. The molecule has 0 atom stereocenters. The van der Waals surface area contributed by atoms with Crippen LogP contribution in [-0.4, -0.2) is 12.1 Å². The average Bonchev–Trinajstić information content (AvgIpc) is 2.07. The molecule has 0 heterocycles. The van der Waals surface area contributed by atoms with Crippen LogP contribution in [0.25, 0.3) is 0 Å². The molecule has 0 unspecified atom stereocenters. The van der Waals surface area contributed by atoms with E-state index < -0.39 is 5.78 Å². The maximum absolute atomic E-state index is 9.44. The molecule has 1 rings (SSSR count). The van der Waals surface area contributed by atoms with E-state index in [0.29, 0.717) is 0 Å². The monoisotopic (exact) mass is 164 g/mol. The van der Waals surface area contributed by atoms with E-state index in [9.17, 15) is 4.79 Å². The number of ketones is 1. The fraction of sp³-hybridized carbons (Fsp3) is 0.200. The van der Waals surface area contributed by atoms with Crippen LogP contribution in [0.4, 0.5) is 0 Å². The highest BCUT2D eigenvalue weighted by molar-refractivity contribution is 6.23. The van der Waals surface area contributed by atoms with Crippen molar-refractivity contribution >= 4 is 12.1 Å². The minimum atomic E-state index is -0.426. The number of hydrogen-bond acceptors (Lipinski definition) is 2. The molecule has 0 fully saturated rings. The van der Waals surface area contributed by atoms with Gasteiger partial charge in [0.15, 0.2) is 12.1 Å². The molecule has 12 heavy (non-hydrogen) atoms. The average molecular weight is 164 g/mol. The predicted molar refractivity (Wildman–Crippen MR) is 47.9 cm³/mol. The highest BCUT2D eigenvalue weighted by atomic mass is 16.2. The minimum Gasteiger partial charge on any atom is -0.295 e. The minimum absolute atomic E-state index is 0.278. The molecule has 1 aromatic rings. The van der Waals surface area contributed by atoms with Gasteiger partial charge in [0.2, 0.25) is 0 Å². The molecule has 2 nitrogen and oxygen atoms in total. The van der Waals surface area contributed by atoms with Crippen molar-refractivity contribution < 1.29 is 9.59 Å². The topological polar surface area (TPSA) is 34.1 Å². The van der Waals surface area contributed by atoms with Crippen molar-refractivity contribution in [2.24, 2.45) is 0 Å². The summed E-state index contributed by atoms with van der Waals surface area (Å²) in [5.74, 6) is -0.426. The van der Waals surface area contributed by atoms with Crippen LogP contribution in [0.1, 0.15) is 12.5 Å². The van der Waals surface area contributed by atoms with Crippen LogP contribution in [0.3, 0.4) is 0 Å². The van der Waals surface area contributed by atoms with Crippen LogP contribution in [-0.2, 0) is 9.59 Å². The van der Waals surface area contributed by atoms with Gasteiger partial charge in [0.1, 0.15) is 0 Å². The van der Waals surface area contributed by atoms with Gasteiger partial charge in [-0.15, -0.1) is 0 Å². The fourth-order valence-electron chi connectivity index (χ4n) is 0.534. The van der Waals surface area contributed by atoms with E-state index in [1.165, 1.54) is 12.5 Å². The van der Waals surface area contributed by atoms with Gasteiger partial charge in [0.05, 0.1) is 0 Å². The largest absolute Gasteiger partial charge is 0.295 e. The first-order chi connectivity index (χ1) is 5.66. The summed E-state index contributed by atoms with van der Waals surface area (Å²) in [6, 6.07) is 10.3. The zero-order valence-electron chi connectivity index (χ0n) is 7.28. The quantitative estimate of drug-likeness (QED) is 0.468. The molecule has 0 aliphatic carbocycles. The third kappa shape index (κ3) is 6.68. The van der Waals surface area contributed by atoms with Gasteiger partial charge in [-0.2, -0.15) is 0 Å².